The minimum atomic E-state index is -4.06. The highest BCUT2D eigenvalue weighted by Gasteiger charge is 2.33. The van der Waals surface area contributed by atoms with Crippen LogP contribution in [0.3, 0.4) is 0 Å². The first-order chi connectivity index (χ1) is 20.6. The second-order valence-electron chi connectivity index (χ2n) is 11.2. The lowest BCUT2D eigenvalue weighted by molar-refractivity contribution is -0.137. The molecule has 2 aliphatic rings. The summed E-state index contributed by atoms with van der Waals surface area (Å²) in [7, 11) is -2.25. The first kappa shape index (κ1) is 28.9. The Morgan fingerprint density at radius 2 is 1.74 bits per heavy atom. The van der Waals surface area contributed by atoms with Crippen LogP contribution in [0, 0.1) is 13.8 Å². The third-order valence-electron chi connectivity index (χ3n) is 8.22. The molecule has 6 rings (SSSR count). The van der Waals surface area contributed by atoms with E-state index in [0.717, 1.165) is 52.6 Å². The van der Waals surface area contributed by atoms with Crippen LogP contribution in [0.1, 0.15) is 65.0 Å². The quantitative estimate of drug-likeness (QED) is 0.342. The fourth-order valence-electron chi connectivity index (χ4n) is 5.84. The van der Waals surface area contributed by atoms with Crippen molar-refractivity contribution in [3.05, 3.63) is 75.8 Å². The van der Waals surface area contributed by atoms with Gasteiger partial charge in [-0.1, -0.05) is 23.4 Å². The second-order valence-corrected chi connectivity index (χ2v) is 12.7. The molecule has 226 valence electrons. The van der Waals surface area contributed by atoms with E-state index in [-0.39, 0.29) is 19.5 Å². The maximum atomic E-state index is 13.2. The van der Waals surface area contributed by atoms with E-state index in [1.165, 1.54) is 4.31 Å². The van der Waals surface area contributed by atoms with Gasteiger partial charge in [-0.15, -0.1) is 5.10 Å². The van der Waals surface area contributed by atoms with Crippen molar-refractivity contribution in [1.29, 1.82) is 0 Å². The molecule has 2 atom stereocenters. The van der Waals surface area contributed by atoms with Crippen LogP contribution in [0.15, 0.2) is 42.5 Å². The Balaban J connectivity index is 1.47. The fourth-order valence-corrected chi connectivity index (χ4v) is 6.93. The van der Waals surface area contributed by atoms with Crippen molar-refractivity contribution in [2.45, 2.75) is 58.5 Å². The molecule has 3 aromatic carbocycles. The topological polar surface area (TPSA) is 133 Å². The molecule has 0 saturated carbocycles. The summed E-state index contributed by atoms with van der Waals surface area (Å²) in [4.78, 5) is 12.2. The van der Waals surface area contributed by atoms with E-state index in [9.17, 15) is 18.3 Å². The molecule has 0 aliphatic carbocycles. The third kappa shape index (κ3) is 5.76. The van der Waals surface area contributed by atoms with E-state index in [1.807, 2.05) is 44.2 Å². The van der Waals surface area contributed by atoms with Crippen LogP contribution in [-0.4, -0.2) is 52.0 Å². The van der Waals surface area contributed by atoms with E-state index >= 15 is 0 Å². The molecular weight excluding hydrogens is 572 g/mol. The Bertz CT molecular complexity index is 1820. The number of carboxylic acid groups (broad SMARTS) is 1. The van der Waals surface area contributed by atoms with Crippen LogP contribution in [-0.2, 0) is 35.2 Å². The molecule has 0 fully saturated rings. The molecule has 7 bridgehead atoms. The minimum Gasteiger partial charge on any atom is -0.494 e. The lowest BCUT2D eigenvalue weighted by atomic mass is 9.84. The van der Waals surface area contributed by atoms with E-state index in [0.29, 0.717) is 41.5 Å². The molecule has 0 amide bonds. The first-order valence-corrected chi connectivity index (χ1v) is 15.7. The number of carboxylic acids is 1. The number of hydrogen-bond acceptors (Lipinski definition) is 8. The normalized spacial score (nSPS) is 20.1. The Morgan fingerprint density at radius 1 is 0.977 bits per heavy atom. The molecule has 2 aliphatic heterocycles. The number of carbonyl (C=O) groups is 1. The van der Waals surface area contributed by atoms with Crippen molar-refractivity contribution in [2.75, 3.05) is 13.2 Å². The molecule has 0 saturated heterocycles. The van der Waals surface area contributed by atoms with Gasteiger partial charge in [0, 0.05) is 31.6 Å². The molecule has 1 N–H and O–H groups in total. The smallest absolute Gasteiger partial charge is 0.385 e. The molecule has 12 heteroatoms. The van der Waals surface area contributed by atoms with E-state index in [4.69, 9.17) is 13.7 Å². The number of fused-ring (bicyclic) bond motifs is 8. The summed E-state index contributed by atoms with van der Waals surface area (Å²) in [6.45, 7) is 4.99. The molecule has 0 radical (unpaired) electrons. The van der Waals surface area contributed by atoms with Crippen molar-refractivity contribution in [2.24, 2.45) is 7.05 Å². The Kier molecular flexibility index (Phi) is 7.74. The van der Waals surface area contributed by atoms with Crippen molar-refractivity contribution < 1.29 is 32.0 Å². The van der Waals surface area contributed by atoms with Gasteiger partial charge in [0.15, 0.2) is 0 Å². The van der Waals surface area contributed by atoms with Crippen LogP contribution in [0.25, 0.3) is 11.0 Å². The molecule has 3 heterocycles. The van der Waals surface area contributed by atoms with Gasteiger partial charge in [0.1, 0.15) is 28.3 Å². The van der Waals surface area contributed by atoms with Gasteiger partial charge in [-0.2, -0.15) is 12.7 Å². The highest BCUT2D eigenvalue weighted by molar-refractivity contribution is 7.84. The Morgan fingerprint density at radius 3 is 2.53 bits per heavy atom. The number of benzene rings is 3. The summed E-state index contributed by atoms with van der Waals surface area (Å²) in [6, 6.07) is 12.8. The van der Waals surface area contributed by atoms with Crippen LogP contribution < -0.4 is 13.7 Å². The zero-order chi connectivity index (χ0) is 30.3. The maximum Gasteiger partial charge on any atom is 0.385 e. The average Bonchev–Trinajstić information content (AvgIpc) is 3.35. The molecule has 11 nitrogen and oxygen atoms in total. The van der Waals surface area contributed by atoms with E-state index in [2.05, 4.69) is 10.3 Å². The SMILES string of the molecule is Cc1ccc2cc1CN1Cc3cc(ccc3OS1(=O)=O)OCCCCCOc1cc(c(C)c3nnn(C)c13)C2CC(=O)O. The molecule has 0 spiro atoms. The summed E-state index contributed by atoms with van der Waals surface area (Å²) in [6.07, 6.45) is 2.31. The van der Waals surface area contributed by atoms with Crippen molar-refractivity contribution in [3.8, 4) is 17.2 Å². The third-order valence-corrected chi connectivity index (χ3v) is 9.50. The number of aromatic nitrogens is 3. The lowest BCUT2D eigenvalue weighted by Gasteiger charge is -2.29. The number of aryl methyl sites for hydroxylation is 3. The van der Waals surface area contributed by atoms with Crippen LogP contribution in [0.5, 0.6) is 17.2 Å². The van der Waals surface area contributed by atoms with Gasteiger partial charge in [-0.3, -0.25) is 4.79 Å². The van der Waals surface area contributed by atoms with Crippen LogP contribution >= 0.6 is 0 Å². The van der Waals surface area contributed by atoms with Gasteiger partial charge in [-0.25, -0.2) is 4.68 Å². The zero-order valence-electron chi connectivity index (χ0n) is 24.4. The van der Waals surface area contributed by atoms with E-state index in [1.54, 1.807) is 23.9 Å². The highest BCUT2D eigenvalue weighted by atomic mass is 32.2. The van der Waals surface area contributed by atoms with E-state index < -0.39 is 22.2 Å². The average molecular weight is 607 g/mol. The summed E-state index contributed by atoms with van der Waals surface area (Å²) in [5, 5.41) is 18.6. The Hall–Kier alpha value is -4.16. The van der Waals surface area contributed by atoms with Crippen LogP contribution in [0.4, 0.5) is 0 Å². The summed E-state index contributed by atoms with van der Waals surface area (Å²) >= 11 is 0. The largest absolute Gasteiger partial charge is 0.494 e. The van der Waals surface area contributed by atoms with Gasteiger partial charge in [0.05, 0.1) is 19.6 Å². The van der Waals surface area contributed by atoms with Crippen molar-refractivity contribution in [1.82, 2.24) is 19.3 Å². The number of nitrogens with zero attached hydrogens (tertiary/aromatic N) is 4. The molecule has 4 aromatic rings. The predicted molar refractivity (Wildman–Crippen MR) is 159 cm³/mol. The number of hydrogen-bond donors (Lipinski definition) is 1. The molecular formula is C31H34N4O7S. The molecule has 2 unspecified atom stereocenters. The van der Waals surface area contributed by atoms with Gasteiger partial charge in [0.25, 0.3) is 0 Å². The van der Waals surface area contributed by atoms with Gasteiger partial charge in [-0.05, 0) is 85.2 Å². The van der Waals surface area contributed by atoms with Crippen molar-refractivity contribution >= 4 is 27.3 Å². The summed E-state index contributed by atoms with van der Waals surface area (Å²) < 4.78 is 47.0. The number of aliphatic carboxylic acids is 1. The monoisotopic (exact) mass is 606 g/mol. The lowest BCUT2D eigenvalue weighted by Crippen LogP contribution is -2.37. The highest BCUT2D eigenvalue weighted by Crippen LogP contribution is 2.39. The van der Waals surface area contributed by atoms with Crippen molar-refractivity contribution in [3.63, 3.8) is 0 Å². The van der Waals surface area contributed by atoms with Gasteiger partial charge < -0.3 is 18.8 Å². The minimum absolute atomic E-state index is 0.0584. The second kappa shape index (κ2) is 11.5. The Labute approximate surface area is 250 Å². The maximum absolute atomic E-state index is 13.2. The standard InChI is InChI=1S/C31H34N4O7S/c1-19-7-8-21-13-22(19)17-35-18-23-14-24(9-10-27(23)42-43(35,38)39)40-11-5-4-6-12-41-28-15-25(26(21)16-29(36)37)20(2)30-31(28)34(3)33-32-30/h7-10,13-15,26H,4-6,11-12,16-18H2,1-3H3,(H,36,37). The predicted octanol–water partition coefficient (Wildman–Crippen LogP) is 4.77. The summed E-state index contributed by atoms with van der Waals surface area (Å²) in [5.74, 6) is 0.0524. The number of ether oxygens (including phenoxy) is 2. The van der Waals surface area contributed by atoms with Gasteiger partial charge >= 0.3 is 16.3 Å². The van der Waals surface area contributed by atoms with Crippen LogP contribution in [0.2, 0.25) is 0 Å². The summed E-state index contributed by atoms with van der Waals surface area (Å²) in [5.41, 5.74) is 6.10. The molecule has 43 heavy (non-hydrogen) atoms. The first-order valence-electron chi connectivity index (χ1n) is 14.3. The zero-order valence-corrected chi connectivity index (χ0v) is 25.2. The molecule has 1 aromatic heterocycles. The number of rotatable bonds is 2. The van der Waals surface area contributed by atoms with Gasteiger partial charge in [0.2, 0.25) is 0 Å². The fraction of sp³-hybridized carbons (Fsp3) is 0.387.